The maximum Gasteiger partial charge on any atom is 0.00115 e. The first-order valence-electron chi connectivity index (χ1n) is 1.54. The second-order valence-electron chi connectivity index (χ2n) is 0.736. The highest BCUT2D eigenvalue weighted by Gasteiger charge is 1.61. The molecule has 0 unspecified atom stereocenters. The fourth-order valence-electron chi connectivity index (χ4n) is 0.0913. The maximum atomic E-state index is 5.09. The average molecular weight is 89.1 g/mol. The molecule has 30 valence electrons. The minimum absolute atomic E-state index is 0.769. The molecule has 0 bridgehead atoms. The Kier molecular flexibility index (Phi) is 4.24. The lowest BCUT2D eigenvalue weighted by atomic mass is 10.8. The van der Waals surface area contributed by atoms with Gasteiger partial charge in [0.15, 0.2) is 0 Å². The van der Waals surface area contributed by atoms with E-state index in [4.69, 9.17) is 5.73 Å². The summed E-state index contributed by atoms with van der Waals surface area (Å²) < 4.78 is 0. The van der Waals surface area contributed by atoms with E-state index in [1.165, 1.54) is 0 Å². The highest BCUT2D eigenvalue weighted by molar-refractivity contribution is 7.36. The van der Waals surface area contributed by atoms with E-state index in [1.807, 2.05) is 0 Å². The average Bonchev–Trinajstić information content (AvgIpc) is 1.41. The molecule has 0 heterocycles. The number of nitrogens with two attached hydrogens (primary N) is 1. The third-order valence-corrected chi connectivity index (χ3v) is 0.862. The lowest BCUT2D eigenvalue weighted by Gasteiger charge is -1.73. The zero-order chi connectivity index (χ0) is 4.12. The molecule has 0 aromatic heterocycles. The summed E-state index contributed by atoms with van der Waals surface area (Å²) in [7, 11) is 1.15. The molecule has 0 saturated carbocycles. The zero-order valence-corrected chi connectivity index (χ0v) is 4.04. The molecule has 0 aromatic carbocycles. The van der Waals surface area contributed by atoms with Crippen molar-refractivity contribution in [2.24, 2.45) is 5.73 Å². The van der Waals surface area contributed by atoms with Crippen molar-refractivity contribution in [1.29, 1.82) is 0 Å². The first-order chi connectivity index (χ1) is 2.41. The Morgan fingerprint density at radius 3 is 2.40 bits per heavy atom. The lowest BCUT2D eigenvalue weighted by Crippen LogP contribution is -1.97. The molecule has 0 fully saturated rings. The molecule has 5 heavy (non-hydrogen) atoms. The molecule has 0 aliphatic carbocycles. The van der Waals surface area contributed by atoms with Gasteiger partial charge in [0.1, 0.15) is 0 Å². The topological polar surface area (TPSA) is 26.0 Å². The van der Waals surface area contributed by atoms with Crippen LogP contribution in [0.25, 0.3) is 0 Å². The number of hydrogen-bond donors (Lipinski definition) is 1. The number of rotatable bonds is 2. The maximum absolute atomic E-state index is 5.09. The van der Waals surface area contributed by atoms with Gasteiger partial charge < -0.3 is 5.73 Å². The van der Waals surface area contributed by atoms with Crippen LogP contribution in [-0.4, -0.2) is 19.0 Å². The summed E-state index contributed by atoms with van der Waals surface area (Å²) >= 11 is 0. The summed E-state index contributed by atoms with van der Waals surface area (Å²) in [5, 5.41) is 0. The second-order valence-corrected chi connectivity index (χ2v) is 1.63. The molecule has 1 nitrogen and oxygen atoms in total. The molecule has 0 atom stereocenters. The summed E-state index contributed by atoms with van der Waals surface area (Å²) in [4.78, 5) is 0. The highest BCUT2D eigenvalue weighted by Crippen LogP contribution is 1.81. The predicted molar refractivity (Wildman–Crippen MR) is 28.0 cm³/mol. The molecular weight excluding hydrogens is 81.0 g/mol. The smallest absolute Gasteiger partial charge is 0.00115 e. The van der Waals surface area contributed by atoms with Gasteiger partial charge in [-0.15, -0.1) is 8.20 Å². The second kappa shape index (κ2) is 4.13. The minimum atomic E-state index is 0.769. The zero-order valence-electron chi connectivity index (χ0n) is 3.15. The molecular formula is C3H8NP. The highest BCUT2D eigenvalue weighted by atomic mass is 31.1. The molecule has 0 aliphatic rings. The van der Waals surface area contributed by atoms with Gasteiger partial charge in [-0.2, -0.15) is 0 Å². The van der Waals surface area contributed by atoms with Gasteiger partial charge in [-0.25, -0.2) is 0 Å². The van der Waals surface area contributed by atoms with E-state index in [-0.39, 0.29) is 0 Å². The Balaban J connectivity index is 2.40. The number of hydrogen-bond acceptors (Lipinski definition) is 1. The largest absolute Gasteiger partial charge is 0.330 e. The van der Waals surface area contributed by atoms with E-state index < -0.39 is 0 Å². The predicted octanol–water partition coefficient (Wildman–Crippen LogP) is 0.323. The summed E-state index contributed by atoms with van der Waals surface area (Å²) in [6, 6.07) is 0. The summed E-state index contributed by atoms with van der Waals surface area (Å²) in [5.41, 5.74) is 5.09. The van der Waals surface area contributed by atoms with Crippen LogP contribution in [0.1, 0.15) is 0 Å². The summed E-state index contributed by atoms with van der Waals surface area (Å²) in [5.74, 6) is 0. The Morgan fingerprint density at radius 1 is 1.80 bits per heavy atom. The normalized spacial score (nSPS) is 9.00. The molecule has 2 N–H and O–H groups in total. The molecule has 0 rings (SSSR count). The lowest BCUT2D eigenvalue weighted by molar-refractivity contribution is 1.15. The van der Waals surface area contributed by atoms with Crippen LogP contribution in [0.4, 0.5) is 0 Å². The van der Waals surface area contributed by atoms with Crippen molar-refractivity contribution in [3.63, 3.8) is 0 Å². The van der Waals surface area contributed by atoms with Crippen LogP contribution in [0.2, 0.25) is 0 Å². The van der Waals surface area contributed by atoms with Gasteiger partial charge in [0.2, 0.25) is 0 Å². The van der Waals surface area contributed by atoms with Crippen molar-refractivity contribution in [1.82, 2.24) is 0 Å². The van der Waals surface area contributed by atoms with E-state index in [0.717, 1.165) is 20.9 Å². The molecule has 0 spiro atoms. The molecule has 0 amide bonds. The molecule has 0 aromatic rings. The van der Waals surface area contributed by atoms with Crippen molar-refractivity contribution in [2.75, 3.05) is 12.7 Å². The van der Waals surface area contributed by atoms with Crippen molar-refractivity contribution in [3.8, 4) is 0 Å². The van der Waals surface area contributed by atoms with E-state index >= 15 is 0 Å². The summed E-state index contributed by atoms with van der Waals surface area (Å²) in [6.45, 7) is 0.769. The van der Waals surface area contributed by atoms with Crippen LogP contribution in [0, 0.1) is 0 Å². The standard InChI is InChI=1S/C3H8NP/c1-5-3-2-4/h1-4H2. The van der Waals surface area contributed by atoms with Crippen LogP contribution < -0.4 is 5.73 Å². The minimum Gasteiger partial charge on any atom is -0.330 e. The van der Waals surface area contributed by atoms with Crippen LogP contribution in [-0.2, 0) is 0 Å². The third kappa shape index (κ3) is 4.13. The van der Waals surface area contributed by atoms with Crippen molar-refractivity contribution < 1.29 is 0 Å². The van der Waals surface area contributed by atoms with Gasteiger partial charge >= 0.3 is 0 Å². The van der Waals surface area contributed by atoms with Gasteiger partial charge in [-0.1, -0.05) is 6.30 Å². The third-order valence-electron chi connectivity index (χ3n) is 0.287. The van der Waals surface area contributed by atoms with Crippen molar-refractivity contribution in [2.45, 2.75) is 0 Å². The van der Waals surface area contributed by atoms with Gasteiger partial charge in [0, 0.05) is 6.16 Å². The Labute approximate surface area is 34.0 Å². The SMILES string of the molecule is C=PCCN. The van der Waals surface area contributed by atoms with Crippen LogP contribution >= 0.6 is 8.20 Å². The van der Waals surface area contributed by atoms with E-state index in [0.29, 0.717) is 0 Å². The van der Waals surface area contributed by atoms with Crippen LogP contribution in [0.15, 0.2) is 0 Å². The van der Waals surface area contributed by atoms with Gasteiger partial charge in [-0.05, 0) is 6.54 Å². The first kappa shape index (κ1) is 5.13. The monoisotopic (exact) mass is 89.0 g/mol. The van der Waals surface area contributed by atoms with E-state index in [2.05, 4.69) is 6.30 Å². The van der Waals surface area contributed by atoms with Crippen molar-refractivity contribution in [3.05, 3.63) is 0 Å². The van der Waals surface area contributed by atoms with Crippen molar-refractivity contribution >= 4 is 14.5 Å². The van der Waals surface area contributed by atoms with Crippen LogP contribution in [0.3, 0.4) is 0 Å². The van der Waals surface area contributed by atoms with E-state index in [1.54, 1.807) is 0 Å². The molecule has 2 heteroatoms. The fourth-order valence-corrected chi connectivity index (χ4v) is 0.274. The summed E-state index contributed by atoms with van der Waals surface area (Å²) in [6.07, 6.45) is 4.60. The van der Waals surface area contributed by atoms with E-state index in [9.17, 15) is 0 Å². The Hall–Kier alpha value is 0.130. The molecule has 0 aliphatic heterocycles. The Morgan fingerprint density at radius 2 is 2.40 bits per heavy atom. The Bertz CT molecular complexity index is 28.1. The van der Waals surface area contributed by atoms with Gasteiger partial charge in [0.05, 0.1) is 0 Å². The fraction of sp³-hybridized carbons (Fsp3) is 0.667. The molecule has 0 radical (unpaired) electrons. The first-order valence-corrected chi connectivity index (χ1v) is 2.81. The van der Waals surface area contributed by atoms with Gasteiger partial charge in [0.25, 0.3) is 0 Å². The quantitative estimate of drug-likeness (QED) is 0.484. The van der Waals surface area contributed by atoms with Gasteiger partial charge in [-0.3, -0.25) is 0 Å². The molecule has 0 saturated heterocycles. The van der Waals surface area contributed by atoms with Crippen LogP contribution in [0.5, 0.6) is 0 Å².